The maximum absolute atomic E-state index is 13.4. The molecule has 0 saturated carbocycles. The van der Waals surface area contributed by atoms with Gasteiger partial charge in [0.15, 0.2) is 0 Å². The summed E-state index contributed by atoms with van der Waals surface area (Å²) < 4.78 is 39.4. The van der Waals surface area contributed by atoms with Crippen LogP contribution in [0.15, 0.2) is 48.5 Å². The summed E-state index contributed by atoms with van der Waals surface area (Å²) in [6, 6.07) is 11.5. The molecule has 0 heterocycles. The summed E-state index contributed by atoms with van der Waals surface area (Å²) in [4.78, 5) is 27.6. The van der Waals surface area contributed by atoms with E-state index in [2.05, 4.69) is 5.32 Å². The molecule has 0 aliphatic rings. The third-order valence-electron chi connectivity index (χ3n) is 4.90. The minimum atomic E-state index is -3.78. The van der Waals surface area contributed by atoms with Crippen LogP contribution >= 0.6 is 0 Å². The molecule has 1 N–H and O–H groups in total. The molecule has 1 atom stereocenters. The summed E-state index contributed by atoms with van der Waals surface area (Å²) in [6.07, 6.45) is 1.03. The van der Waals surface area contributed by atoms with Crippen LogP contribution < -0.4 is 9.62 Å². The molecule has 0 fully saturated rings. The van der Waals surface area contributed by atoms with Crippen LogP contribution in [0.4, 0.5) is 10.1 Å². The average molecular weight is 478 g/mol. The van der Waals surface area contributed by atoms with Crippen LogP contribution in [-0.4, -0.2) is 49.5 Å². The van der Waals surface area contributed by atoms with Gasteiger partial charge in [-0.05, 0) is 70.0 Å². The van der Waals surface area contributed by atoms with E-state index < -0.39 is 39.9 Å². The van der Waals surface area contributed by atoms with E-state index in [1.165, 1.54) is 29.2 Å². The maximum atomic E-state index is 13.4. The van der Waals surface area contributed by atoms with Gasteiger partial charge in [0, 0.05) is 12.1 Å². The molecular weight excluding hydrogens is 445 g/mol. The lowest BCUT2D eigenvalue weighted by Gasteiger charge is -2.33. The first-order valence-corrected chi connectivity index (χ1v) is 12.4. The highest BCUT2D eigenvalue weighted by Crippen LogP contribution is 2.20. The zero-order valence-electron chi connectivity index (χ0n) is 19.9. The molecule has 0 aliphatic heterocycles. The molecule has 33 heavy (non-hydrogen) atoms. The number of sulfonamides is 1. The Morgan fingerprint density at radius 1 is 1.09 bits per heavy atom. The number of aryl methyl sites for hydroxylation is 1. The van der Waals surface area contributed by atoms with E-state index in [-0.39, 0.29) is 12.5 Å². The summed E-state index contributed by atoms with van der Waals surface area (Å²) >= 11 is 0. The Kier molecular flexibility index (Phi) is 8.24. The Labute approximate surface area is 195 Å². The molecule has 9 heteroatoms. The smallest absolute Gasteiger partial charge is 0.244 e. The van der Waals surface area contributed by atoms with Crippen LogP contribution in [-0.2, 0) is 26.2 Å². The second kappa shape index (κ2) is 10.3. The first-order valence-electron chi connectivity index (χ1n) is 10.6. The molecule has 7 nitrogen and oxygen atoms in total. The van der Waals surface area contributed by atoms with E-state index in [4.69, 9.17) is 0 Å². The number of rotatable bonds is 8. The third-order valence-corrected chi connectivity index (χ3v) is 6.04. The van der Waals surface area contributed by atoms with Gasteiger partial charge in [0.05, 0.1) is 11.9 Å². The molecule has 0 spiro atoms. The molecule has 0 radical (unpaired) electrons. The van der Waals surface area contributed by atoms with Crippen LogP contribution in [0.3, 0.4) is 0 Å². The number of nitrogens with zero attached hydrogens (tertiary/aromatic N) is 2. The van der Waals surface area contributed by atoms with Gasteiger partial charge in [-0.2, -0.15) is 0 Å². The van der Waals surface area contributed by atoms with Gasteiger partial charge in [-0.25, -0.2) is 12.8 Å². The summed E-state index contributed by atoms with van der Waals surface area (Å²) in [5.74, 6) is -1.35. The Morgan fingerprint density at radius 3 is 2.21 bits per heavy atom. The molecule has 2 aromatic carbocycles. The second-order valence-corrected chi connectivity index (χ2v) is 11.1. The van der Waals surface area contributed by atoms with Gasteiger partial charge in [0.25, 0.3) is 0 Å². The van der Waals surface area contributed by atoms with Gasteiger partial charge in [-0.1, -0.05) is 24.3 Å². The average Bonchev–Trinajstić information content (AvgIpc) is 2.68. The van der Waals surface area contributed by atoms with Crippen LogP contribution in [0.1, 0.15) is 38.8 Å². The molecule has 1 unspecified atom stereocenters. The standard InChI is InChI=1S/C24H32FN3O4S/c1-17-8-7-9-21(14-17)28(33(6,31)32)16-22(29)27(15-19-10-12-20(25)13-11-19)18(2)23(30)26-24(3,4)5/h7-14,18H,15-16H2,1-6H3,(H,26,30). The Morgan fingerprint density at radius 2 is 1.70 bits per heavy atom. The third kappa shape index (κ3) is 7.85. The number of carbonyl (C=O) groups is 2. The predicted molar refractivity (Wildman–Crippen MR) is 128 cm³/mol. The van der Waals surface area contributed by atoms with Gasteiger partial charge in [0.1, 0.15) is 18.4 Å². The highest BCUT2D eigenvalue weighted by Gasteiger charge is 2.31. The molecular formula is C24H32FN3O4S. The van der Waals surface area contributed by atoms with E-state index in [1.54, 1.807) is 25.1 Å². The topological polar surface area (TPSA) is 86.8 Å². The first-order chi connectivity index (χ1) is 15.2. The Balaban J connectivity index is 2.39. The zero-order chi connectivity index (χ0) is 25.0. The number of hydrogen-bond donors (Lipinski definition) is 1. The van der Waals surface area contributed by atoms with Crippen molar-refractivity contribution in [2.75, 3.05) is 17.1 Å². The fourth-order valence-electron chi connectivity index (χ4n) is 3.24. The van der Waals surface area contributed by atoms with Gasteiger partial charge in [0.2, 0.25) is 21.8 Å². The Hall–Kier alpha value is -2.94. The lowest BCUT2D eigenvalue weighted by molar-refractivity contribution is -0.140. The van der Waals surface area contributed by atoms with Crippen molar-refractivity contribution in [2.45, 2.75) is 52.7 Å². The van der Waals surface area contributed by atoms with Crippen molar-refractivity contribution in [3.05, 3.63) is 65.5 Å². The van der Waals surface area contributed by atoms with Gasteiger partial charge in [-0.3, -0.25) is 13.9 Å². The summed E-state index contributed by atoms with van der Waals surface area (Å²) in [7, 11) is -3.78. The van der Waals surface area contributed by atoms with E-state index in [0.717, 1.165) is 16.1 Å². The lowest BCUT2D eigenvalue weighted by Crippen LogP contribution is -2.54. The monoisotopic (exact) mass is 477 g/mol. The number of amides is 2. The molecule has 0 bridgehead atoms. The van der Waals surface area contributed by atoms with Crippen molar-refractivity contribution in [1.29, 1.82) is 0 Å². The minimum absolute atomic E-state index is 0.0171. The highest BCUT2D eigenvalue weighted by atomic mass is 32.2. The van der Waals surface area contributed by atoms with Crippen molar-refractivity contribution in [3.8, 4) is 0 Å². The number of hydrogen-bond acceptors (Lipinski definition) is 4. The normalized spacial score (nSPS) is 12.7. The molecule has 0 aromatic heterocycles. The summed E-state index contributed by atoms with van der Waals surface area (Å²) in [5.41, 5.74) is 1.30. The fourth-order valence-corrected chi connectivity index (χ4v) is 4.08. The van der Waals surface area contributed by atoms with Crippen LogP contribution in [0.5, 0.6) is 0 Å². The molecule has 0 aliphatic carbocycles. The van der Waals surface area contributed by atoms with Crippen molar-refractivity contribution in [3.63, 3.8) is 0 Å². The first kappa shape index (κ1) is 26.3. The number of benzene rings is 2. The van der Waals surface area contributed by atoms with E-state index >= 15 is 0 Å². The fraction of sp³-hybridized carbons (Fsp3) is 0.417. The largest absolute Gasteiger partial charge is 0.350 e. The van der Waals surface area contributed by atoms with Crippen molar-refractivity contribution >= 4 is 27.5 Å². The molecule has 2 aromatic rings. The molecule has 180 valence electrons. The minimum Gasteiger partial charge on any atom is -0.350 e. The van der Waals surface area contributed by atoms with Crippen molar-refractivity contribution in [1.82, 2.24) is 10.2 Å². The summed E-state index contributed by atoms with van der Waals surface area (Å²) in [5, 5.41) is 2.85. The SMILES string of the molecule is Cc1cccc(N(CC(=O)N(Cc2ccc(F)cc2)C(C)C(=O)NC(C)(C)C)S(C)(=O)=O)c1. The van der Waals surface area contributed by atoms with Gasteiger partial charge >= 0.3 is 0 Å². The van der Waals surface area contributed by atoms with Crippen LogP contribution in [0.25, 0.3) is 0 Å². The predicted octanol–water partition coefficient (Wildman–Crippen LogP) is 3.23. The van der Waals surface area contributed by atoms with E-state index in [9.17, 15) is 22.4 Å². The number of anilines is 1. The number of carbonyl (C=O) groups excluding carboxylic acids is 2. The number of halogens is 1. The quantitative estimate of drug-likeness (QED) is 0.633. The van der Waals surface area contributed by atoms with Gasteiger partial charge in [-0.15, -0.1) is 0 Å². The second-order valence-electron chi connectivity index (χ2n) is 9.17. The molecule has 2 rings (SSSR count). The van der Waals surface area contributed by atoms with E-state index in [0.29, 0.717) is 11.3 Å². The highest BCUT2D eigenvalue weighted by molar-refractivity contribution is 7.92. The maximum Gasteiger partial charge on any atom is 0.244 e. The summed E-state index contributed by atoms with van der Waals surface area (Å²) in [6.45, 7) is 8.43. The molecule has 2 amide bonds. The van der Waals surface area contributed by atoms with Crippen molar-refractivity contribution < 1.29 is 22.4 Å². The Bertz CT molecular complexity index is 1100. The van der Waals surface area contributed by atoms with Crippen LogP contribution in [0.2, 0.25) is 0 Å². The lowest BCUT2D eigenvalue weighted by atomic mass is 10.1. The number of nitrogens with one attached hydrogen (secondary N) is 1. The van der Waals surface area contributed by atoms with Crippen LogP contribution in [0, 0.1) is 12.7 Å². The molecule has 0 saturated heterocycles. The van der Waals surface area contributed by atoms with Gasteiger partial charge < -0.3 is 10.2 Å². The van der Waals surface area contributed by atoms with E-state index in [1.807, 2.05) is 33.8 Å². The van der Waals surface area contributed by atoms with Crippen molar-refractivity contribution in [2.24, 2.45) is 0 Å². The zero-order valence-corrected chi connectivity index (χ0v) is 20.7.